The molecule has 2 aromatic carbocycles. The summed E-state index contributed by atoms with van der Waals surface area (Å²) in [4.78, 5) is 29.7. The van der Waals surface area contributed by atoms with E-state index in [0.29, 0.717) is 23.6 Å². The lowest BCUT2D eigenvalue weighted by Gasteiger charge is -2.23. The van der Waals surface area contributed by atoms with Gasteiger partial charge in [-0.25, -0.2) is 4.98 Å². The number of nitrogens with zero attached hydrogens (tertiary/aromatic N) is 2. The van der Waals surface area contributed by atoms with E-state index in [1.54, 1.807) is 30.3 Å². The normalized spacial score (nSPS) is 10.6. The highest BCUT2D eigenvalue weighted by atomic mass is 16.2. The summed E-state index contributed by atoms with van der Waals surface area (Å²) in [5, 5.41) is 0.963. The minimum absolute atomic E-state index is 0.186. The van der Waals surface area contributed by atoms with Crippen LogP contribution in [0.4, 0.5) is 11.5 Å². The second-order valence-corrected chi connectivity index (χ2v) is 5.75. The molecule has 4 N–H and O–H groups in total. The Labute approximate surface area is 145 Å². The van der Waals surface area contributed by atoms with Crippen molar-refractivity contribution in [3.05, 3.63) is 65.7 Å². The number of rotatable bonds is 4. The standard InChI is InChI=1S/C19H18N4O2/c1-12(24)23(17-5-3-2-4-15(17)19(21)25)11-13-6-7-14-8-9-18(20)22-16(14)10-13/h2-10H,11H2,1H3,(H2,20,22)(H2,21,25). The number of hydrogen-bond acceptors (Lipinski definition) is 4. The number of carbonyl (C=O) groups excluding carboxylic acids is 2. The molecular weight excluding hydrogens is 316 g/mol. The topological polar surface area (TPSA) is 102 Å². The minimum atomic E-state index is -0.574. The molecule has 0 bridgehead atoms. The van der Waals surface area contributed by atoms with Crippen LogP contribution < -0.4 is 16.4 Å². The first-order chi connectivity index (χ1) is 12.0. The van der Waals surface area contributed by atoms with Crippen molar-refractivity contribution in [3.8, 4) is 0 Å². The quantitative estimate of drug-likeness (QED) is 0.765. The summed E-state index contributed by atoms with van der Waals surface area (Å²) in [5.74, 6) is -0.323. The molecule has 0 saturated heterocycles. The zero-order valence-electron chi connectivity index (χ0n) is 13.8. The van der Waals surface area contributed by atoms with Crippen LogP contribution in [0.15, 0.2) is 54.6 Å². The summed E-state index contributed by atoms with van der Waals surface area (Å²) in [7, 11) is 0. The maximum atomic E-state index is 12.2. The SMILES string of the molecule is CC(=O)N(Cc1ccc2ccc(N)nc2c1)c1ccccc1C(N)=O. The Balaban J connectivity index is 2.01. The lowest BCUT2D eigenvalue weighted by Crippen LogP contribution is -2.30. The molecule has 25 heavy (non-hydrogen) atoms. The van der Waals surface area contributed by atoms with Crippen LogP contribution in [0.1, 0.15) is 22.8 Å². The van der Waals surface area contributed by atoms with Gasteiger partial charge in [-0.3, -0.25) is 9.59 Å². The Morgan fingerprint density at radius 1 is 1.08 bits per heavy atom. The maximum absolute atomic E-state index is 12.2. The van der Waals surface area contributed by atoms with Crippen molar-refractivity contribution in [2.75, 3.05) is 10.6 Å². The molecule has 0 unspecified atom stereocenters. The van der Waals surface area contributed by atoms with E-state index >= 15 is 0 Å². The van der Waals surface area contributed by atoms with Crippen LogP contribution in [0.2, 0.25) is 0 Å². The predicted octanol–water partition coefficient (Wildman–Crippen LogP) is 2.47. The van der Waals surface area contributed by atoms with Gasteiger partial charge >= 0.3 is 0 Å². The summed E-state index contributed by atoms with van der Waals surface area (Å²) in [5.41, 5.74) is 13.6. The third-order valence-corrected chi connectivity index (χ3v) is 3.96. The van der Waals surface area contributed by atoms with Crippen LogP contribution in [0.3, 0.4) is 0 Å². The van der Waals surface area contributed by atoms with Gasteiger partial charge in [0.1, 0.15) is 5.82 Å². The van der Waals surface area contributed by atoms with E-state index in [-0.39, 0.29) is 5.91 Å². The Hall–Kier alpha value is -3.41. The molecule has 126 valence electrons. The monoisotopic (exact) mass is 334 g/mol. The summed E-state index contributed by atoms with van der Waals surface area (Å²) < 4.78 is 0. The van der Waals surface area contributed by atoms with Crippen LogP contribution in [0, 0.1) is 0 Å². The van der Waals surface area contributed by atoms with Crippen LogP contribution in [-0.2, 0) is 11.3 Å². The van der Waals surface area contributed by atoms with Gasteiger partial charge in [0.2, 0.25) is 5.91 Å². The first-order valence-corrected chi connectivity index (χ1v) is 7.78. The number of nitrogen functional groups attached to an aromatic ring is 1. The van der Waals surface area contributed by atoms with E-state index < -0.39 is 5.91 Å². The van der Waals surface area contributed by atoms with Gasteiger partial charge in [-0.1, -0.05) is 24.3 Å². The molecule has 1 heterocycles. The lowest BCUT2D eigenvalue weighted by molar-refractivity contribution is -0.116. The van der Waals surface area contributed by atoms with Crippen molar-refractivity contribution >= 4 is 34.2 Å². The Kier molecular flexibility index (Phi) is 4.35. The maximum Gasteiger partial charge on any atom is 0.250 e. The van der Waals surface area contributed by atoms with Crippen molar-refractivity contribution in [2.24, 2.45) is 5.73 Å². The number of pyridine rings is 1. The van der Waals surface area contributed by atoms with Crippen molar-refractivity contribution in [1.82, 2.24) is 4.98 Å². The molecule has 3 rings (SSSR count). The van der Waals surface area contributed by atoms with Gasteiger partial charge in [-0.05, 0) is 35.9 Å². The molecule has 0 fully saturated rings. The molecule has 0 spiro atoms. The Bertz CT molecular complexity index is 969. The number of para-hydroxylation sites is 1. The van der Waals surface area contributed by atoms with E-state index in [1.807, 2.05) is 24.3 Å². The molecular formula is C19H18N4O2. The average molecular weight is 334 g/mol. The molecule has 6 nitrogen and oxygen atoms in total. The molecule has 3 aromatic rings. The van der Waals surface area contributed by atoms with Gasteiger partial charge in [-0.2, -0.15) is 0 Å². The van der Waals surface area contributed by atoms with E-state index in [0.717, 1.165) is 16.5 Å². The third kappa shape index (κ3) is 3.42. The molecule has 1 aromatic heterocycles. The second kappa shape index (κ2) is 6.60. The van der Waals surface area contributed by atoms with Crippen LogP contribution in [0.5, 0.6) is 0 Å². The number of amides is 2. The Morgan fingerprint density at radius 2 is 1.80 bits per heavy atom. The first kappa shape index (κ1) is 16.4. The van der Waals surface area contributed by atoms with E-state index in [4.69, 9.17) is 11.5 Å². The van der Waals surface area contributed by atoms with Crippen molar-refractivity contribution in [1.29, 1.82) is 0 Å². The van der Waals surface area contributed by atoms with Crippen LogP contribution in [0.25, 0.3) is 10.9 Å². The second-order valence-electron chi connectivity index (χ2n) is 5.75. The highest BCUT2D eigenvalue weighted by Gasteiger charge is 2.18. The van der Waals surface area contributed by atoms with Crippen LogP contribution in [-0.4, -0.2) is 16.8 Å². The van der Waals surface area contributed by atoms with Gasteiger partial charge in [0.05, 0.1) is 23.3 Å². The van der Waals surface area contributed by atoms with Crippen LogP contribution >= 0.6 is 0 Å². The number of nitrogens with two attached hydrogens (primary N) is 2. The van der Waals surface area contributed by atoms with Gasteiger partial charge in [-0.15, -0.1) is 0 Å². The number of fused-ring (bicyclic) bond motifs is 1. The van der Waals surface area contributed by atoms with E-state index in [2.05, 4.69) is 4.98 Å². The van der Waals surface area contributed by atoms with Crippen molar-refractivity contribution in [2.45, 2.75) is 13.5 Å². The van der Waals surface area contributed by atoms with E-state index in [9.17, 15) is 9.59 Å². The largest absolute Gasteiger partial charge is 0.384 e. The number of aromatic nitrogens is 1. The highest BCUT2D eigenvalue weighted by Crippen LogP contribution is 2.24. The summed E-state index contributed by atoms with van der Waals surface area (Å²) in [6.45, 7) is 1.75. The predicted molar refractivity (Wildman–Crippen MR) is 98.0 cm³/mol. The number of anilines is 2. The average Bonchev–Trinajstić information content (AvgIpc) is 2.59. The minimum Gasteiger partial charge on any atom is -0.384 e. The van der Waals surface area contributed by atoms with Gasteiger partial charge < -0.3 is 16.4 Å². The molecule has 6 heteroatoms. The molecule has 2 amide bonds. The van der Waals surface area contributed by atoms with Gasteiger partial charge in [0.15, 0.2) is 0 Å². The highest BCUT2D eigenvalue weighted by molar-refractivity contribution is 6.03. The third-order valence-electron chi connectivity index (χ3n) is 3.96. The number of primary amides is 1. The Morgan fingerprint density at radius 3 is 2.52 bits per heavy atom. The smallest absolute Gasteiger partial charge is 0.250 e. The van der Waals surface area contributed by atoms with E-state index in [1.165, 1.54) is 11.8 Å². The van der Waals surface area contributed by atoms with Crippen molar-refractivity contribution < 1.29 is 9.59 Å². The summed E-state index contributed by atoms with van der Waals surface area (Å²) in [6.07, 6.45) is 0. The molecule has 0 atom stereocenters. The lowest BCUT2D eigenvalue weighted by atomic mass is 10.1. The first-order valence-electron chi connectivity index (χ1n) is 7.78. The number of carbonyl (C=O) groups is 2. The number of hydrogen-bond donors (Lipinski definition) is 2. The van der Waals surface area contributed by atoms with Crippen molar-refractivity contribution in [3.63, 3.8) is 0 Å². The summed E-state index contributed by atoms with van der Waals surface area (Å²) in [6, 6.07) is 16.2. The zero-order chi connectivity index (χ0) is 18.0. The molecule has 0 aliphatic carbocycles. The zero-order valence-corrected chi connectivity index (χ0v) is 13.8. The number of benzene rings is 2. The molecule has 0 saturated carbocycles. The fourth-order valence-corrected chi connectivity index (χ4v) is 2.74. The fourth-order valence-electron chi connectivity index (χ4n) is 2.74. The molecule has 0 aliphatic rings. The molecule has 0 radical (unpaired) electrons. The molecule has 0 aliphatic heterocycles. The fraction of sp³-hybridized carbons (Fsp3) is 0.105. The van der Waals surface area contributed by atoms with Gasteiger partial charge in [0, 0.05) is 12.3 Å². The van der Waals surface area contributed by atoms with Gasteiger partial charge in [0.25, 0.3) is 5.91 Å². The summed E-state index contributed by atoms with van der Waals surface area (Å²) >= 11 is 0.